The number of amides is 1. The largest absolute Gasteiger partial charge is 0.325 e. The third kappa shape index (κ3) is 5.76. The average molecular weight is 287 g/mol. The molecule has 0 saturated carbocycles. The van der Waals surface area contributed by atoms with E-state index in [2.05, 4.69) is 5.32 Å². The molecular formula is C13H19ClN2OS. The highest BCUT2D eigenvalue weighted by Crippen LogP contribution is 2.23. The molecule has 0 unspecified atom stereocenters. The number of hydrogen-bond donors (Lipinski definition) is 2. The lowest BCUT2D eigenvalue weighted by molar-refractivity contribution is -0.113. The van der Waals surface area contributed by atoms with Crippen molar-refractivity contribution in [3.05, 3.63) is 28.8 Å². The summed E-state index contributed by atoms with van der Waals surface area (Å²) in [7, 11) is 0. The summed E-state index contributed by atoms with van der Waals surface area (Å²) >= 11 is 7.56. The van der Waals surface area contributed by atoms with Crippen LogP contribution in [-0.4, -0.2) is 23.0 Å². The number of hydrogen-bond acceptors (Lipinski definition) is 3. The molecule has 0 heterocycles. The second-order valence-electron chi connectivity index (χ2n) is 5.01. The minimum absolute atomic E-state index is 0.0602. The van der Waals surface area contributed by atoms with Crippen LogP contribution in [-0.2, 0) is 4.79 Å². The van der Waals surface area contributed by atoms with Gasteiger partial charge in [0.15, 0.2) is 0 Å². The second kappa shape index (κ2) is 6.45. The van der Waals surface area contributed by atoms with Gasteiger partial charge in [0.25, 0.3) is 0 Å². The summed E-state index contributed by atoms with van der Waals surface area (Å²) < 4.78 is 0. The van der Waals surface area contributed by atoms with Crippen molar-refractivity contribution in [1.82, 2.24) is 0 Å². The van der Waals surface area contributed by atoms with Crippen molar-refractivity contribution >= 4 is 35.0 Å². The fourth-order valence-electron chi connectivity index (χ4n) is 1.31. The topological polar surface area (TPSA) is 55.1 Å². The van der Waals surface area contributed by atoms with Crippen molar-refractivity contribution in [2.75, 3.05) is 16.8 Å². The summed E-state index contributed by atoms with van der Waals surface area (Å²) in [5.74, 6) is 1.06. The Morgan fingerprint density at radius 3 is 2.72 bits per heavy atom. The maximum absolute atomic E-state index is 11.7. The second-order valence-corrected chi connectivity index (χ2v) is 6.41. The summed E-state index contributed by atoms with van der Waals surface area (Å²) in [6.07, 6.45) is 0. The molecule has 18 heavy (non-hydrogen) atoms. The normalized spacial score (nSPS) is 11.4. The lowest BCUT2D eigenvalue weighted by atomic mass is 10.1. The standard InChI is InChI=1S/C13H19ClN2OS/c1-9-4-5-11(10(14)6-9)16-12(17)7-18-8-13(2,3)15/h4-6H,7-8,15H2,1-3H3,(H,16,17). The summed E-state index contributed by atoms with van der Waals surface area (Å²) in [5.41, 5.74) is 7.30. The molecule has 1 amide bonds. The molecule has 100 valence electrons. The summed E-state index contributed by atoms with van der Waals surface area (Å²) in [6.45, 7) is 5.83. The SMILES string of the molecule is Cc1ccc(NC(=O)CSCC(C)(C)N)c(Cl)c1. The van der Waals surface area contributed by atoms with Crippen molar-refractivity contribution in [3.8, 4) is 0 Å². The first-order valence-electron chi connectivity index (χ1n) is 5.70. The van der Waals surface area contributed by atoms with Gasteiger partial charge in [0.1, 0.15) is 0 Å². The van der Waals surface area contributed by atoms with Gasteiger partial charge in [-0.15, -0.1) is 0 Å². The average Bonchev–Trinajstić information content (AvgIpc) is 2.20. The Labute approximate surface area is 117 Å². The Kier molecular flexibility index (Phi) is 5.50. The number of nitrogens with one attached hydrogen (secondary N) is 1. The van der Waals surface area contributed by atoms with Crippen LogP contribution in [0.25, 0.3) is 0 Å². The van der Waals surface area contributed by atoms with Crippen LogP contribution in [0.3, 0.4) is 0 Å². The number of thioether (sulfide) groups is 1. The van der Waals surface area contributed by atoms with Crippen molar-refractivity contribution in [3.63, 3.8) is 0 Å². The van der Waals surface area contributed by atoms with Crippen LogP contribution >= 0.6 is 23.4 Å². The van der Waals surface area contributed by atoms with E-state index in [1.807, 2.05) is 39.0 Å². The fraction of sp³-hybridized carbons (Fsp3) is 0.462. The van der Waals surface area contributed by atoms with Gasteiger partial charge in [-0.3, -0.25) is 4.79 Å². The molecule has 0 bridgehead atoms. The van der Waals surface area contributed by atoms with Crippen molar-refractivity contribution in [2.24, 2.45) is 5.73 Å². The van der Waals surface area contributed by atoms with Gasteiger partial charge in [0, 0.05) is 11.3 Å². The number of nitrogens with two attached hydrogens (primary N) is 1. The van der Waals surface area contributed by atoms with Crippen molar-refractivity contribution < 1.29 is 4.79 Å². The molecule has 0 aliphatic heterocycles. The molecule has 1 aromatic carbocycles. The molecule has 0 radical (unpaired) electrons. The molecule has 0 atom stereocenters. The molecule has 5 heteroatoms. The Bertz CT molecular complexity index is 429. The number of aryl methyl sites for hydroxylation is 1. The highest BCUT2D eigenvalue weighted by atomic mass is 35.5. The van der Waals surface area contributed by atoms with E-state index >= 15 is 0 Å². The van der Waals surface area contributed by atoms with E-state index in [0.717, 1.165) is 11.3 Å². The van der Waals surface area contributed by atoms with Gasteiger partial charge in [-0.25, -0.2) is 0 Å². The molecule has 0 spiro atoms. The van der Waals surface area contributed by atoms with E-state index in [-0.39, 0.29) is 11.4 Å². The Morgan fingerprint density at radius 1 is 1.50 bits per heavy atom. The first-order valence-corrected chi connectivity index (χ1v) is 7.24. The minimum Gasteiger partial charge on any atom is -0.325 e. The number of benzene rings is 1. The lowest BCUT2D eigenvalue weighted by Gasteiger charge is -2.17. The van der Waals surface area contributed by atoms with Gasteiger partial charge >= 0.3 is 0 Å². The first kappa shape index (κ1) is 15.3. The Morgan fingerprint density at radius 2 is 2.17 bits per heavy atom. The number of carbonyl (C=O) groups excluding carboxylic acids is 1. The molecule has 1 rings (SSSR count). The monoisotopic (exact) mass is 286 g/mol. The summed E-state index contributed by atoms with van der Waals surface area (Å²) in [5, 5.41) is 3.35. The van der Waals surface area contributed by atoms with Crippen molar-refractivity contribution in [2.45, 2.75) is 26.3 Å². The van der Waals surface area contributed by atoms with Crippen LogP contribution < -0.4 is 11.1 Å². The molecule has 0 aliphatic carbocycles. The zero-order chi connectivity index (χ0) is 13.8. The predicted octanol–water partition coefficient (Wildman–Crippen LogP) is 3.06. The van der Waals surface area contributed by atoms with E-state index in [1.165, 1.54) is 11.8 Å². The van der Waals surface area contributed by atoms with Crippen LogP contribution in [0, 0.1) is 6.92 Å². The number of carbonyl (C=O) groups is 1. The van der Waals surface area contributed by atoms with Gasteiger partial charge in [-0.1, -0.05) is 17.7 Å². The van der Waals surface area contributed by atoms with Crippen molar-refractivity contribution in [1.29, 1.82) is 0 Å². The fourth-order valence-corrected chi connectivity index (χ4v) is 2.48. The van der Waals surface area contributed by atoms with E-state index in [9.17, 15) is 4.79 Å². The van der Waals surface area contributed by atoms with Gasteiger partial charge in [-0.05, 0) is 38.5 Å². The van der Waals surface area contributed by atoms with E-state index in [4.69, 9.17) is 17.3 Å². The maximum atomic E-state index is 11.7. The summed E-state index contributed by atoms with van der Waals surface area (Å²) in [6, 6.07) is 5.55. The van der Waals surface area contributed by atoms with Crippen LogP contribution in [0.4, 0.5) is 5.69 Å². The number of rotatable bonds is 5. The van der Waals surface area contributed by atoms with Gasteiger partial charge < -0.3 is 11.1 Å². The molecule has 0 aromatic heterocycles. The highest BCUT2D eigenvalue weighted by molar-refractivity contribution is 8.00. The quantitative estimate of drug-likeness (QED) is 0.875. The van der Waals surface area contributed by atoms with Crippen LogP contribution in [0.5, 0.6) is 0 Å². The predicted molar refractivity (Wildman–Crippen MR) is 80.4 cm³/mol. The first-order chi connectivity index (χ1) is 8.28. The number of anilines is 1. The van der Waals surface area contributed by atoms with Gasteiger partial charge in [-0.2, -0.15) is 11.8 Å². The molecule has 0 fully saturated rings. The smallest absolute Gasteiger partial charge is 0.234 e. The molecule has 3 nitrogen and oxygen atoms in total. The molecule has 1 aromatic rings. The van der Waals surface area contributed by atoms with Crippen LogP contribution in [0.2, 0.25) is 5.02 Å². The molecular weight excluding hydrogens is 268 g/mol. The van der Waals surface area contributed by atoms with E-state index in [1.54, 1.807) is 0 Å². The highest BCUT2D eigenvalue weighted by Gasteiger charge is 2.12. The lowest BCUT2D eigenvalue weighted by Crippen LogP contribution is -2.35. The Hall–Kier alpha value is -0.710. The maximum Gasteiger partial charge on any atom is 0.234 e. The van der Waals surface area contributed by atoms with Crippen LogP contribution in [0.15, 0.2) is 18.2 Å². The van der Waals surface area contributed by atoms with Gasteiger partial charge in [0.05, 0.1) is 16.5 Å². The third-order valence-corrected chi connectivity index (χ3v) is 3.83. The third-order valence-electron chi connectivity index (χ3n) is 2.11. The van der Waals surface area contributed by atoms with E-state index in [0.29, 0.717) is 16.5 Å². The Balaban J connectivity index is 2.45. The van der Waals surface area contributed by atoms with Crippen LogP contribution in [0.1, 0.15) is 19.4 Å². The minimum atomic E-state index is -0.257. The zero-order valence-corrected chi connectivity index (χ0v) is 12.5. The van der Waals surface area contributed by atoms with Gasteiger partial charge in [0.2, 0.25) is 5.91 Å². The molecule has 3 N–H and O–H groups in total. The zero-order valence-electron chi connectivity index (χ0n) is 10.9. The molecule has 0 saturated heterocycles. The molecule has 0 aliphatic rings. The summed E-state index contributed by atoms with van der Waals surface area (Å²) in [4.78, 5) is 11.7. The van der Waals surface area contributed by atoms with E-state index < -0.39 is 0 Å². The number of halogens is 1.